The molecule has 1 atom stereocenters. The average Bonchev–Trinajstić information content (AvgIpc) is 2.46. The molecule has 0 aliphatic heterocycles. The minimum Gasteiger partial charge on any atom is -0.481 e. The van der Waals surface area contributed by atoms with Crippen LogP contribution in [0.5, 0.6) is 0 Å². The van der Waals surface area contributed by atoms with E-state index in [9.17, 15) is 14.9 Å². The molecule has 1 unspecified atom stereocenters. The van der Waals surface area contributed by atoms with Gasteiger partial charge in [-0.15, -0.1) is 0 Å². The molecule has 0 amide bonds. The summed E-state index contributed by atoms with van der Waals surface area (Å²) in [5.74, 6) is -0.814. The molecule has 1 N–H and O–H groups in total. The van der Waals surface area contributed by atoms with Crippen LogP contribution in [0.4, 0.5) is 11.5 Å². The number of rotatable bonds is 9. The second-order valence-corrected chi connectivity index (χ2v) is 5.02. The van der Waals surface area contributed by atoms with Gasteiger partial charge in [-0.05, 0) is 12.5 Å². The Morgan fingerprint density at radius 3 is 2.67 bits per heavy atom. The molecule has 1 rings (SSSR count). The third kappa shape index (κ3) is 5.37. The zero-order valence-corrected chi connectivity index (χ0v) is 12.4. The van der Waals surface area contributed by atoms with Crippen LogP contribution in [0.1, 0.15) is 33.1 Å². The normalized spacial score (nSPS) is 11.9. The summed E-state index contributed by atoms with van der Waals surface area (Å²) >= 11 is 0. The Hall–Kier alpha value is -2.18. The van der Waals surface area contributed by atoms with Gasteiger partial charge < -0.3 is 10.0 Å². The monoisotopic (exact) mass is 295 g/mol. The number of hydrogen-bond acceptors (Lipinski definition) is 5. The molecule has 1 heterocycles. The van der Waals surface area contributed by atoms with E-state index >= 15 is 0 Å². The van der Waals surface area contributed by atoms with E-state index in [2.05, 4.69) is 11.9 Å². The zero-order valence-electron chi connectivity index (χ0n) is 12.4. The molecule has 1 aromatic rings. The van der Waals surface area contributed by atoms with Gasteiger partial charge in [-0.3, -0.25) is 14.9 Å². The van der Waals surface area contributed by atoms with Crippen LogP contribution in [-0.4, -0.2) is 34.1 Å². The third-order valence-electron chi connectivity index (χ3n) is 3.21. The Kier molecular flexibility index (Phi) is 6.58. The first-order chi connectivity index (χ1) is 9.95. The van der Waals surface area contributed by atoms with Crippen LogP contribution in [0, 0.1) is 16.0 Å². The van der Waals surface area contributed by atoms with E-state index in [4.69, 9.17) is 5.11 Å². The first kappa shape index (κ1) is 16.9. The van der Waals surface area contributed by atoms with Crippen molar-refractivity contribution < 1.29 is 14.8 Å². The van der Waals surface area contributed by atoms with Crippen molar-refractivity contribution in [3.05, 3.63) is 28.4 Å². The maximum absolute atomic E-state index is 11.0. The molecule has 0 radical (unpaired) electrons. The summed E-state index contributed by atoms with van der Waals surface area (Å²) < 4.78 is 0. The predicted octanol–water partition coefficient (Wildman–Crippen LogP) is 2.71. The summed E-state index contributed by atoms with van der Waals surface area (Å²) in [4.78, 5) is 27.1. The highest BCUT2D eigenvalue weighted by atomic mass is 16.6. The SMILES string of the molecule is CCCCCN(CC(C)C(=O)O)c1ccc([N+](=O)[O-])cn1. The van der Waals surface area contributed by atoms with Crippen molar-refractivity contribution in [2.24, 2.45) is 5.92 Å². The Labute approximate surface area is 123 Å². The molecule has 0 bridgehead atoms. The number of carboxylic acids is 1. The number of carbonyl (C=O) groups is 1. The van der Waals surface area contributed by atoms with E-state index in [0.29, 0.717) is 18.9 Å². The molecule has 0 aromatic carbocycles. The van der Waals surface area contributed by atoms with Crippen LogP contribution in [0.2, 0.25) is 0 Å². The molecular weight excluding hydrogens is 274 g/mol. The van der Waals surface area contributed by atoms with Crippen molar-refractivity contribution in [3.63, 3.8) is 0 Å². The fraction of sp³-hybridized carbons (Fsp3) is 0.571. The van der Waals surface area contributed by atoms with E-state index in [1.165, 1.54) is 12.3 Å². The van der Waals surface area contributed by atoms with Crippen molar-refractivity contribution in [2.75, 3.05) is 18.0 Å². The highest BCUT2D eigenvalue weighted by molar-refractivity contribution is 5.70. The molecule has 0 saturated carbocycles. The van der Waals surface area contributed by atoms with Crippen LogP contribution in [0.15, 0.2) is 18.3 Å². The van der Waals surface area contributed by atoms with Gasteiger partial charge in [0.1, 0.15) is 12.0 Å². The van der Waals surface area contributed by atoms with Gasteiger partial charge in [-0.1, -0.05) is 26.7 Å². The van der Waals surface area contributed by atoms with Crippen molar-refractivity contribution >= 4 is 17.5 Å². The van der Waals surface area contributed by atoms with Gasteiger partial charge in [0.05, 0.1) is 10.8 Å². The summed E-state index contributed by atoms with van der Waals surface area (Å²) in [5, 5.41) is 19.7. The summed E-state index contributed by atoms with van der Waals surface area (Å²) in [6.45, 7) is 4.76. The average molecular weight is 295 g/mol. The minimum absolute atomic E-state index is 0.0708. The molecule has 0 saturated heterocycles. The van der Waals surface area contributed by atoms with Crippen LogP contribution in [-0.2, 0) is 4.79 Å². The lowest BCUT2D eigenvalue weighted by Crippen LogP contribution is -2.33. The van der Waals surface area contributed by atoms with Gasteiger partial charge in [0.25, 0.3) is 5.69 Å². The highest BCUT2D eigenvalue weighted by Crippen LogP contribution is 2.18. The smallest absolute Gasteiger partial charge is 0.308 e. The maximum Gasteiger partial charge on any atom is 0.308 e. The molecule has 0 fully saturated rings. The molecule has 0 aliphatic carbocycles. The van der Waals surface area contributed by atoms with E-state index in [1.54, 1.807) is 13.0 Å². The number of unbranched alkanes of at least 4 members (excludes halogenated alkanes) is 2. The van der Waals surface area contributed by atoms with E-state index in [-0.39, 0.29) is 5.69 Å². The molecule has 7 nitrogen and oxygen atoms in total. The highest BCUT2D eigenvalue weighted by Gasteiger charge is 2.18. The Balaban J connectivity index is 2.83. The maximum atomic E-state index is 11.0. The first-order valence-electron chi connectivity index (χ1n) is 7.04. The number of aliphatic carboxylic acids is 1. The lowest BCUT2D eigenvalue weighted by atomic mass is 10.1. The summed E-state index contributed by atoms with van der Waals surface area (Å²) in [6, 6.07) is 2.96. The number of pyridine rings is 1. The molecular formula is C14H21N3O4. The molecule has 21 heavy (non-hydrogen) atoms. The van der Waals surface area contributed by atoms with Gasteiger partial charge >= 0.3 is 5.97 Å². The van der Waals surface area contributed by atoms with Crippen LogP contribution in [0.25, 0.3) is 0 Å². The standard InChI is InChI=1S/C14H21N3O4/c1-3-4-5-8-16(10-11(2)14(18)19)13-7-6-12(9-15-13)17(20)21/h6-7,9,11H,3-5,8,10H2,1-2H3,(H,18,19). The van der Waals surface area contributed by atoms with Crippen molar-refractivity contribution in [2.45, 2.75) is 33.1 Å². The van der Waals surface area contributed by atoms with Crippen molar-refractivity contribution in [1.29, 1.82) is 0 Å². The minimum atomic E-state index is -0.864. The van der Waals surface area contributed by atoms with Gasteiger partial charge in [0.2, 0.25) is 0 Å². The molecule has 116 valence electrons. The summed E-state index contributed by atoms with van der Waals surface area (Å²) in [5.41, 5.74) is -0.0708. The predicted molar refractivity (Wildman–Crippen MR) is 79.4 cm³/mol. The fourth-order valence-corrected chi connectivity index (χ4v) is 1.93. The number of carboxylic acid groups (broad SMARTS) is 1. The summed E-state index contributed by atoms with van der Waals surface area (Å²) in [6.07, 6.45) is 4.25. The quantitative estimate of drug-likeness (QED) is 0.427. The third-order valence-corrected chi connectivity index (χ3v) is 3.21. The zero-order chi connectivity index (χ0) is 15.8. The van der Waals surface area contributed by atoms with Crippen LogP contribution in [0.3, 0.4) is 0 Å². The van der Waals surface area contributed by atoms with E-state index in [1.807, 2.05) is 4.90 Å². The lowest BCUT2D eigenvalue weighted by Gasteiger charge is -2.25. The molecule has 1 aromatic heterocycles. The van der Waals surface area contributed by atoms with Crippen molar-refractivity contribution in [1.82, 2.24) is 4.98 Å². The number of aromatic nitrogens is 1. The fourth-order valence-electron chi connectivity index (χ4n) is 1.93. The largest absolute Gasteiger partial charge is 0.481 e. The number of anilines is 1. The van der Waals surface area contributed by atoms with Gasteiger partial charge in [-0.25, -0.2) is 4.98 Å². The Bertz CT molecular complexity index is 476. The molecule has 7 heteroatoms. The van der Waals surface area contributed by atoms with E-state index < -0.39 is 16.8 Å². The topological polar surface area (TPSA) is 96.6 Å². The lowest BCUT2D eigenvalue weighted by molar-refractivity contribution is -0.385. The Morgan fingerprint density at radius 1 is 1.48 bits per heavy atom. The van der Waals surface area contributed by atoms with Crippen LogP contribution >= 0.6 is 0 Å². The van der Waals surface area contributed by atoms with Gasteiger partial charge in [0, 0.05) is 19.2 Å². The Morgan fingerprint density at radius 2 is 2.19 bits per heavy atom. The number of nitrogens with zero attached hydrogens (tertiary/aromatic N) is 3. The van der Waals surface area contributed by atoms with Gasteiger partial charge in [-0.2, -0.15) is 0 Å². The molecule has 0 aliphatic rings. The van der Waals surface area contributed by atoms with Crippen molar-refractivity contribution in [3.8, 4) is 0 Å². The number of nitro groups is 1. The van der Waals surface area contributed by atoms with E-state index in [0.717, 1.165) is 19.3 Å². The second-order valence-electron chi connectivity index (χ2n) is 5.02. The summed E-state index contributed by atoms with van der Waals surface area (Å²) in [7, 11) is 0. The number of hydrogen-bond donors (Lipinski definition) is 1. The van der Waals surface area contributed by atoms with Gasteiger partial charge in [0.15, 0.2) is 0 Å². The first-order valence-corrected chi connectivity index (χ1v) is 7.04. The van der Waals surface area contributed by atoms with Crippen LogP contribution < -0.4 is 4.90 Å². The molecule has 0 spiro atoms. The second kappa shape index (κ2) is 8.18.